The van der Waals surface area contributed by atoms with Crippen molar-refractivity contribution in [2.45, 2.75) is 19.3 Å². The van der Waals surface area contributed by atoms with E-state index < -0.39 is 0 Å². The molecule has 3 heteroatoms. The number of Topliss-reactive ketones (excluding diaryl/α,β-unsaturated/α-hetero) is 1. The van der Waals surface area contributed by atoms with Gasteiger partial charge in [0.15, 0.2) is 5.78 Å². The molecule has 0 fully saturated rings. The number of allylic oxidation sites excluding steroid dienone is 3. The van der Waals surface area contributed by atoms with Gasteiger partial charge < -0.3 is 9.84 Å². The first-order chi connectivity index (χ1) is 11.2. The molecule has 2 aromatic rings. The van der Waals surface area contributed by atoms with E-state index in [0.717, 1.165) is 12.8 Å². The maximum atomic E-state index is 12.0. The lowest BCUT2D eigenvalue weighted by atomic mass is 10.1. The summed E-state index contributed by atoms with van der Waals surface area (Å²) in [5, 5.41) is 9.24. The minimum Gasteiger partial charge on any atom is -0.508 e. The number of unbranched alkanes of at least 4 members (excludes halogenated alkanes) is 1. The molecule has 0 heterocycles. The highest BCUT2D eigenvalue weighted by atomic mass is 16.5. The number of ketones is 1. The van der Waals surface area contributed by atoms with E-state index in [4.69, 9.17) is 4.74 Å². The Hall–Kier alpha value is -2.81. The normalized spacial score (nSPS) is 10.6. The third-order valence-electron chi connectivity index (χ3n) is 3.26. The third kappa shape index (κ3) is 5.47. The monoisotopic (exact) mass is 308 g/mol. The minimum atomic E-state index is 0.0797. The fourth-order valence-electron chi connectivity index (χ4n) is 2.00. The first-order valence-corrected chi connectivity index (χ1v) is 7.55. The number of phenolic OH excluding ortho intramolecular Hbond substituents is 1. The van der Waals surface area contributed by atoms with Gasteiger partial charge in [-0.05, 0) is 61.4 Å². The molecule has 0 spiro atoms. The van der Waals surface area contributed by atoms with Crippen LogP contribution in [0.25, 0.3) is 0 Å². The smallest absolute Gasteiger partial charge is 0.166 e. The van der Waals surface area contributed by atoms with Crippen LogP contribution in [-0.2, 0) is 0 Å². The number of benzene rings is 2. The molecule has 0 saturated carbocycles. The second-order valence-electron chi connectivity index (χ2n) is 5.09. The number of phenols is 1. The Bertz CT molecular complexity index is 667. The molecule has 0 aliphatic rings. The first kappa shape index (κ1) is 16.6. The Morgan fingerprint density at radius 3 is 2.17 bits per heavy atom. The van der Waals surface area contributed by atoms with Crippen molar-refractivity contribution < 1.29 is 14.6 Å². The van der Waals surface area contributed by atoms with Crippen molar-refractivity contribution in [3.05, 3.63) is 78.9 Å². The van der Waals surface area contributed by atoms with E-state index in [-0.39, 0.29) is 11.5 Å². The number of carbonyl (C=O) groups is 1. The second-order valence-corrected chi connectivity index (χ2v) is 5.09. The van der Waals surface area contributed by atoms with E-state index in [9.17, 15) is 9.90 Å². The number of ether oxygens (including phenoxy) is 1. The standard InChI is InChI=1S/C20H20O3/c1-2-3-4-5-6-7-20(22)16-8-12-18(13-9-16)23-19-14-10-17(21)11-15-19/h2,5-6,8-15,21H,1,3-4,7H2/b6-5-. The molecule has 0 atom stereocenters. The van der Waals surface area contributed by atoms with Crippen molar-refractivity contribution in [2.24, 2.45) is 0 Å². The number of hydrogen-bond donors (Lipinski definition) is 1. The van der Waals surface area contributed by atoms with Gasteiger partial charge in [-0.15, -0.1) is 6.58 Å². The molecule has 0 bridgehead atoms. The van der Waals surface area contributed by atoms with Crippen molar-refractivity contribution >= 4 is 5.78 Å². The SMILES string of the molecule is C=CCC/C=C\CC(=O)c1ccc(Oc2ccc(O)cc2)cc1. The zero-order chi connectivity index (χ0) is 16.5. The number of carbonyl (C=O) groups excluding carboxylic acids is 1. The summed E-state index contributed by atoms with van der Waals surface area (Å²) in [6.07, 6.45) is 7.99. The predicted molar refractivity (Wildman–Crippen MR) is 92.1 cm³/mol. The Morgan fingerprint density at radius 2 is 1.57 bits per heavy atom. The number of hydrogen-bond acceptors (Lipinski definition) is 3. The number of rotatable bonds is 8. The van der Waals surface area contributed by atoms with Gasteiger partial charge >= 0.3 is 0 Å². The van der Waals surface area contributed by atoms with Gasteiger partial charge in [-0.3, -0.25) is 4.79 Å². The van der Waals surface area contributed by atoms with Crippen molar-refractivity contribution in [1.82, 2.24) is 0 Å². The van der Waals surface area contributed by atoms with E-state index in [1.807, 2.05) is 18.2 Å². The van der Waals surface area contributed by atoms with Crippen LogP contribution in [0, 0.1) is 0 Å². The molecule has 0 saturated heterocycles. The minimum absolute atomic E-state index is 0.0797. The van der Waals surface area contributed by atoms with Crippen LogP contribution in [0.3, 0.4) is 0 Å². The second kappa shape index (κ2) is 8.59. The van der Waals surface area contributed by atoms with Gasteiger partial charge in [-0.2, -0.15) is 0 Å². The Morgan fingerprint density at radius 1 is 0.957 bits per heavy atom. The summed E-state index contributed by atoms with van der Waals surface area (Å²) in [6.45, 7) is 3.66. The summed E-state index contributed by atoms with van der Waals surface area (Å²) < 4.78 is 5.65. The van der Waals surface area contributed by atoms with Gasteiger partial charge in [0.2, 0.25) is 0 Å². The lowest BCUT2D eigenvalue weighted by Gasteiger charge is -2.06. The molecule has 2 rings (SSSR count). The van der Waals surface area contributed by atoms with Crippen LogP contribution in [0.4, 0.5) is 0 Å². The first-order valence-electron chi connectivity index (χ1n) is 7.55. The highest BCUT2D eigenvalue weighted by Gasteiger charge is 2.04. The van der Waals surface area contributed by atoms with Gasteiger partial charge in [0.05, 0.1) is 0 Å². The predicted octanol–water partition coefficient (Wildman–Crippen LogP) is 5.28. The van der Waals surface area contributed by atoms with Gasteiger partial charge in [0, 0.05) is 12.0 Å². The lowest BCUT2D eigenvalue weighted by molar-refractivity contribution is 0.0995. The molecular weight excluding hydrogens is 288 g/mol. The topological polar surface area (TPSA) is 46.5 Å². The Labute approximate surface area is 136 Å². The molecule has 0 amide bonds. The van der Waals surface area contributed by atoms with Gasteiger partial charge in [-0.25, -0.2) is 0 Å². The summed E-state index contributed by atoms with van der Waals surface area (Å²) in [7, 11) is 0. The average molecular weight is 308 g/mol. The molecule has 0 aliphatic heterocycles. The largest absolute Gasteiger partial charge is 0.508 e. The summed E-state index contributed by atoms with van der Waals surface area (Å²) in [5.41, 5.74) is 0.663. The van der Waals surface area contributed by atoms with Crippen LogP contribution in [0.15, 0.2) is 73.3 Å². The molecular formula is C20H20O3. The molecule has 2 aromatic carbocycles. The van der Waals surface area contributed by atoms with E-state index in [0.29, 0.717) is 23.5 Å². The number of aromatic hydroxyl groups is 1. The molecule has 0 aliphatic carbocycles. The van der Waals surface area contributed by atoms with Crippen LogP contribution in [-0.4, -0.2) is 10.9 Å². The van der Waals surface area contributed by atoms with E-state index in [1.165, 1.54) is 0 Å². The van der Waals surface area contributed by atoms with Crippen LogP contribution < -0.4 is 4.74 Å². The maximum absolute atomic E-state index is 12.0. The molecule has 23 heavy (non-hydrogen) atoms. The summed E-state index contributed by atoms with van der Waals surface area (Å²) in [5.74, 6) is 1.55. The van der Waals surface area contributed by atoms with E-state index >= 15 is 0 Å². The zero-order valence-electron chi connectivity index (χ0n) is 12.9. The van der Waals surface area contributed by atoms with Crippen molar-refractivity contribution in [2.75, 3.05) is 0 Å². The Balaban J connectivity index is 1.90. The molecule has 0 aromatic heterocycles. The highest BCUT2D eigenvalue weighted by Crippen LogP contribution is 2.23. The van der Waals surface area contributed by atoms with Crippen molar-refractivity contribution in [1.29, 1.82) is 0 Å². The fraction of sp³-hybridized carbons (Fsp3) is 0.150. The highest BCUT2D eigenvalue weighted by molar-refractivity contribution is 5.97. The zero-order valence-corrected chi connectivity index (χ0v) is 12.9. The van der Waals surface area contributed by atoms with Crippen LogP contribution in [0.2, 0.25) is 0 Å². The average Bonchev–Trinajstić information content (AvgIpc) is 2.57. The summed E-state index contributed by atoms with van der Waals surface area (Å²) >= 11 is 0. The van der Waals surface area contributed by atoms with Crippen molar-refractivity contribution in [3.63, 3.8) is 0 Å². The molecule has 3 nitrogen and oxygen atoms in total. The molecule has 0 radical (unpaired) electrons. The summed E-state index contributed by atoms with van der Waals surface area (Å²) in [4.78, 5) is 12.0. The Kier molecular flexibility index (Phi) is 6.18. The van der Waals surface area contributed by atoms with E-state index in [2.05, 4.69) is 6.58 Å². The fourth-order valence-corrected chi connectivity index (χ4v) is 2.00. The van der Waals surface area contributed by atoms with Crippen LogP contribution in [0.5, 0.6) is 17.2 Å². The molecule has 0 unspecified atom stereocenters. The van der Waals surface area contributed by atoms with Gasteiger partial charge in [0.1, 0.15) is 17.2 Å². The lowest BCUT2D eigenvalue weighted by Crippen LogP contribution is -1.96. The van der Waals surface area contributed by atoms with Gasteiger partial charge in [-0.1, -0.05) is 18.2 Å². The van der Waals surface area contributed by atoms with Crippen LogP contribution >= 0.6 is 0 Å². The van der Waals surface area contributed by atoms with Crippen LogP contribution in [0.1, 0.15) is 29.6 Å². The molecule has 1 N–H and O–H groups in total. The van der Waals surface area contributed by atoms with Gasteiger partial charge in [0.25, 0.3) is 0 Å². The molecule has 118 valence electrons. The van der Waals surface area contributed by atoms with E-state index in [1.54, 1.807) is 48.5 Å². The maximum Gasteiger partial charge on any atom is 0.166 e. The quantitative estimate of drug-likeness (QED) is 0.410. The van der Waals surface area contributed by atoms with Crippen molar-refractivity contribution in [3.8, 4) is 17.2 Å². The summed E-state index contributed by atoms with van der Waals surface area (Å²) in [6, 6.07) is 13.5. The third-order valence-corrected chi connectivity index (χ3v) is 3.26.